The number of ketones is 2. The third-order valence-corrected chi connectivity index (χ3v) is 12.8. The number of benzene rings is 4. The Morgan fingerprint density at radius 3 is 1.61 bits per heavy atom. The number of carbonyl (C=O) groups excluding carboxylic acids is 5. The number of nitrogens with zero attached hydrogens (tertiary/aromatic N) is 4. The van der Waals surface area contributed by atoms with Crippen LogP contribution in [-0.2, 0) is 54.6 Å². The summed E-state index contributed by atoms with van der Waals surface area (Å²) in [5.41, 5.74) is 5.43. The normalized spacial score (nSPS) is 18.9. The van der Waals surface area contributed by atoms with Crippen LogP contribution in [0.2, 0.25) is 0 Å². The van der Waals surface area contributed by atoms with E-state index < -0.39 is 35.7 Å². The lowest BCUT2D eigenvalue weighted by Gasteiger charge is -2.37. The number of methoxy groups -OCH3 is 1. The highest BCUT2D eigenvalue weighted by Gasteiger charge is 2.42. The lowest BCUT2D eigenvalue weighted by molar-refractivity contribution is -0.143. The molecule has 1 N–H and O–H groups in total. The molecule has 4 aromatic rings. The SMILES string of the molecule is COC(=O)N[C@H](C(=O)N1CCC[C@H]1C(=O)Cc1ccc(CN(Cc2ccc(CC(=O)[C@@H]3CCCN3C(=O)[C@@H](c3ccccc3)N3CCOCC3)cc2)c2ccccc2)cc1)C(C)(C)C. The van der Waals surface area contributed by atoms with Gasteiger partial charge in [0.1, 0.15) is 12.1 Å². The van der Waals surface area contributed by atoms with Crippen molar-refractivity contribution in [3.05, 3.63) is 137 Å². The zero-order valence-corrected chi connectivity index (χ0v) is 37.7. The van der Waals surface area contributed by atoms with Crippen molar-refractivity contribution >= 4 is 35.2 Å². The third kappa shape index (κ3) is 11.4. The van der Waals surface area contributed by atoms with Gasteiger partial charge in [0.05, 0.1) is 32.4 Å². The van der Waals surface area contributed by atoms with Crippen molar-refractivity contribution in [1.82, 2.24) is 20.0 Å². The molecular formula is C52H63N5O7. The van der Waals surface area contributed by atoms with Crippen molar-refractivity contribution in [3.63, 3.8) is 0 Å². The number of alkyl carbamates (subject to hydrolysis) is 1. The Labute approximate surface area is 377 Å². The van der Waals surface area contributed by atoms with Gasteiger partial charge in [-0.1, -0.05) is 118 Å². The number of ether oxygens (including phenoxy) is 2. The number of amides is 3. The Morgan fingerprint density at radius 1 is 0.656 bits per heavy atom. The molecule has 12 heteroatoms. The first-order valence-corrected chi connectivity index (χ1v) is 22.7. The van der Waals surface area contributed by atoms with Crippen molar-refractivity contribution in [1.29, 1.82) is 0 Å². The highest BCUT2D eigenvalue weighted by atomic mass is 16.5. The van der Waals surface area contributed by atoms with Gasteiger partial charge < -0.3 is 29.5 Å². The molecule has 338 valence electrons. The molecule has 0 saturated carbocycles. The number of hydrogen-bond acceptors (Lipinski definition) is 9. The van der Waals surface area contributed by atoms with Gasteiger partial charge in [-0.3, -0.25) is 24.1 Å². The van der Waals surface area contributed by atoms with Crippen molar-refractivity contribution in [2.75, 3.05) is 51.4 Å². The minimum absolute atomic E-state index is 0.00523. The van der Waals surface area contributed by atoms with E-state index in [0.717, 1.165) is 46.3 Å². The summed E-state index contributed by atoms with van der Waals surface area (Å²) in [6.45, 7) is 10.5. The summed E-state index contributed by atoms with van der Waals surface area (Å²) in [5.74, 6) is -0.224. The largest absolute Gasteiger partial charge is 0.453 e. The lowest BCUT2D eigenvalue weighted by atomic mass is 9.85. The van der Waals surface area contributed by atoms with E-state index in [1.807, 2.05) is 98.5 Å². The van der Waals surface area contributed by atoms with Crippen LogP contribution in [0.1, 0.15) is 80.3 Å². The molecule has 0 aromatic heterocycles. The summed E-state index contributed by atoms with van der Waals surface area (Å²) in [5, 5.41) is 2.68. The maximum atomic E-state index is 14.3. The molecule has 64 heavy (non-hydrogen) atoms. The molecule has 3 aliphatic rings. The number of para-hydroxylation sites is 1. The number of nitrogens with one attached hydrogen (secondary N) is 1. The van der Waals surface area contributed by atoms with E-state index in [1.165, 1.54) is 7.11 Å². The smallest absolute Gasteiger partial charge is 0.407 e. The molecule has 3 fully saturated rings. The quantitative estimate of drug-likeness (QED) is 0.127. The summed E-state index contributed by atoms with van der Waals surface area (Å²) in [6, 6.07) is 34.2. The Morgan fingerprint density at radius 2 is 1.12 bits per heavy atom. The fraction of sp³-hybridized carbons (Fsp3) is 0.442. The Balaban J connectivity index is 0.971. The maximum Gasteiger partial charge on any atom is 0.407 e. The van der Waals surface area contributed by atoms with Crippen LogP contribution in [0.25, 0.3) is 0 Å². The average molecular weight is 870 g/mol. The number of hydrogen-bond donors (Lipinski definition) is 1. The summed E-state index contributed by atoms with van der Waals surface area (Å²) in [4.78, 5) is 75.6. The third-order valence-electron chi connectivity index (χ3n) is 12.8. The first-order chi connectivity index (χ1) is 30.9. The zero-order valence-electron chi connectivity index (χ0n) is 37.7. The highest BCUT2D eigenvalue weighted by Crippen LogP contribution is 2.31. The molecule has 4 aromatic carbocycles. The number of rotatable bonds is 16. The van der Waals surface area contributed by atoms with Crippen LogP contribution in [0.3, 0.4) is 0 Å². The standard InChI is InChI=1S/C52H63N5O7/c1-52(2,3)48(53-51(62)63-4)50(61)57-28-12-18-44(57)46(59)34-38-21-25-40(26-22-38)36-55(42-15-9-6-10-16-42)35-39-23-19-37(20-24-39)33-45(58)43-17-11-27-56(43)49(60)47(41-13-7-5-8-14-41)54-29-31-64-32-30-54/h5-10,13-16,19-26,43-44,47-48H,11-12,17-18,27-36H2,1-4H3,(H,53,62)/t43-,44-,47+,48+/m0/s1. The first kappa shape index (κ1) is 46.2. The predicted molar refractivity (Wildman–Crippen MR) is 246 cm³/mol. The number of morpholine rings is 1. The topological polar surface area (TPSA) is 129 Å². The van der Waals surface area contributed by atoms with Gasteiger partial charge in [0, 0.05) is 57.8 Å². The van der Waals surface area contributed by atoms with Gasteiger partial charge in [-0.15, -0.1) is 0 Å². The van der Waals surface area contributed by atoms with E-state index in [2.05, 4.69) is 51.5 Å². The Bertz CT molecular complexity index is 2200. The summed E-state index contributed by atoms with van der Waals surface area (Å²) in [6.07, 6.45) is 2.58. The second-order valence-corrected chi connectivity index (χ2v) is 18.4. The molecule has 0 unspecified atom stereocenters. The van der Waals surface area contributed by atoms with Gasteiger partial charge in [0.25, 0.3) is 0 Å². The number of likely N-dealkylation sites (tertiary alicyclic amines) is 2. The molecular weight excluding hydrogens is 807 g/mol. The second-order valence-electron chi connectivity index (χ2n) is 18.4. The molecule has 3 heterocycles. The summed E-state index contributed by atoms with van der Waals surface area (Å²) < 4.78 is 10.4. The minimum atomic E-state index is -0.825. The predicted octanol–water partition coefficient (Wildman–Crippen LogP) is 6.94. The molecule has 0 bridgehead atoms. The van der Waals surface area contributed by atoms with E-state index in [-0.39, 0.29) is 36.2 Å². The summed E-state index contributed by atoms with van der Waals surface area (Å²) in [7, 11) is 1.27. The molecule has 0 radical (unpaired) electrons. The van der Waals surface area contributed by atoms with Gasteiger partial charge in [-0.25, -0.2) is 4.79 Å². The van der Waals surface area contributed by atoms with E-state index in [4.69, 9.17) is 9.47 Å². The monoisotopic (exact) mass is 869 g/mol. The van der Waals surface area contributed by atoms with Gasteiger partial charge in [-0.05, 0) is 71.0 Å². The van der Waals surface area contributed by atoms with Gasteiger partial charge in [0.2, 0.25) is 11.8 Å². The van der Waals surface area contributed by atoms with Crippen LogP contribution in [0.4, 0.5) is 10.5 Å². The zero-order chi connectivity index (χ0) is 45.2. The Kier molecular flexibility index (Phi) is 15.3. The van der Waals surface area contributed by atoms with Crippen LogP contribution in [0.15, 0.2) is 109 Å². The lowest BCUT2D eigenvalue weighted by Crippen LogP contribution is -2.56. The second kappa shape index (κ2) is 21.2. The molecule has 0 aliphatic carbocycles. The molecule has 3 aliphatic heterocycles. The minimum Gasteiger partial charge on any atom is -0.453 e. The van der Waals surface area contributed by atoms with Crippen LogP contribution in [-0.4, -0.2) is 109 Å². The van der Waals surface area contributed by atoms with Crippen LogP contribution in [0, 0.1) is 5.41 Å². The molecule has 12 nitrogen and oxygen atoms in total. The van der Waals surface area contributed by atoms with Crippen molar-refractivity contribution in [3.8, 4) is 0 Å². The van der Waals surface area contributed by atoms with Gasteiger partial charge in [0.15, 0.2) is 11.6 Å². The fourth-order valence-corrected chi connectivity index (χ4v) is 9.34. The molecule has 3 saturated heterocycles. The van der Waals surface area contributed by atoms with Crippen molar-refractivity contribution < 1.29 is 33.4 Å². The molecule has 7 rings (SSSR count). The van der Waals surface area contributed by atoms with Crippen LogP contribution >= 0.6 is 0 Å². The van der Waals surface area contributed by atoms with E-state index in [0.29, 0.717) is 65.3 Å². The summed E-state index contributed by atoms with van der Waals surface area (Å²) >= 11 is 0. The van der Waals surface area contributed by atoms with Gasteiger partial charge >= 0.3 is 6.09 Å². The number of anilines is 1. The maximum absolute atomic E-state index is 14.3. The molecule has 3 amide bonds. The van der Waals surface area contributed by atoms with Crippen LogP contribution < -0.4 is 10.2 Å². The van der Waals surface area contributed by atoms with E-state index >= 15 is 0 Å². The van der Waals surface area contributed by atoms with E-state index in [1.54, 1.807) is 4.90 Å². The van der Waals surface area contributed by atoms with E-state index in [9.17, 15) is 24.0 Å². The van der Waals surface area contributed by atoms with Crippen molar-refractivity contribution in [2.24, 2.45) is 5.41 Å². The Hall–Kier alpha value is -5.85. The fourth-order valence-electron chi connectivity index (χ4n) is 9.34. The van der Waals surface area contributed by atoms with Gasteiger partial charge in [-0.2, -0.15) is 0 Å². The average Bonchev–Trinajstić information content (AvgIpc) is 4.02. The number of carbonyl (C=O) groups is 5. The van der Waals surface area contributed by atoms with Crippen molar-refractivity contribution in [2.45, 2.75) is 96.6 Å². The first-order valence-electron chi connectivity index (χ1n) is 22.7. The van der Waals surface area contributed by atoms with Crippen LogP contribution in [0.5, 0.6) is 0 Å². The number of Topliss-reactive ketones (excluding diaryl/α,β-unsaturated/α-hetero) is 2. The highest BCUT2D eigenvalue weighted by molar-refractivity contribution is 5.94. The molecule has 4 atom stereocenters. The molecule has 0 spiro atoms.